The van der Waals surface area contributed by atoms with E-state index in [4.69, 9.17) is 4.74 Å². The lowest BCUT2D eigenvalue weighted by Crippen LogP contribution is -2.24. The highest BCUT2D eigenvalue weighted by Gasteiger charge is 2.08. The first kappa shape index (κ1) is 17.0. The van der Waals surface area contributed by atoms with Gasteiger partial charge in [-0.15, -0.1) is 0 Å². The lowest BCUT2D eigenvalue weighted by Gasteiger charge is -2.09. The number of ether oxygens (including phenoxy) is 1. The van der Waals surface area contributed by atoms with Gasteiger partial charge in [-0.05, 0) is 49.2 Å². The van der Waals surface area contributed by atoms with Crippen LogP contribution in [0.4, 0.5) is 0 Å². The molecule has 0 aliphatic rings. The Bertz CT molecular complexity index is 884. The van der Waals surface area contributed by atoms with Crippen molar-refractivity contribution in [1.82, 2.24) is 14.9 Å². The van der Waals surface area contributed by atoms with Gasteiger partial charge in [-0.1, -0.05) is 18.2 Å². The van der Waals surface area contributed by atoms with Gasteiger partial charge in [0.25, 0.3) is 0 Å². The number of nitrogens with zero attached hydrogens (tertiary/aromatic N) is 2. The maximum atomic E-state index is 12.2. The van der Waals surface area contributed by atoms with Crippen molar-refractivity contribution in [2.24, 2.45) is 0 Å². The second kappa shape index (κ2) is 7.38. The van der Waals surface area contributed by atoms with Crippen molar-refractivity contribution in [3.8, 4) is 5.75 Å². The highest BCUT2D eigenvalue weighted by atomic mass is 16.5. The van der Waals surface area contributed by atoms with Crippen molar-refractivity contribution in [3.63, 3.8) is 0 Å². The van der Waals surface area contributed by atoms with E-state index >= 15 is 0 Å². The Morgan fingerprint density at radius 3 is 2.80 bits per heavy atom. The summed E-state index contributed by atoms with van der Waals surface area (Å²) in [5, 5.41) is 2.96. The number of hydrogen-bond donors (Lipinski definition) is 1. The standard InChI is InChI=1S/C20H23N3O2/c1-14(2)23-13-22-18-10-16(7-8-19(18)23)12-21-20(24)11-15-5-4-6-17(9-15)25-3/h4-10,13-14H,11-12H2,1-3H3,(H,21,24). The molecule has 0 unspecified atom stereocenters. The molecule has 0 aliphatic carbocycles. The van der Waals surface area contributed by atoms with Crippen LogP contribution in [0, 0.1) is 0 Å². The summed E-state index contributed by atoms with van der Waals surface area (Å²) in [4.78, 5) is 16.6. The van der Waals surface area contributed by atoms with E-state index in [0.717, 1.165) is 27.9 Å². The zero-order chi connectivity index (χ0) is 17.8. The van der Waals surface area contributed by atoms with Crippen molar-refractivity contribution in [2.75, 3.05) is 7.11 Å². The molecule has 0 aliphatic heterocycles. The van der Waals surface area contributed by atoms with Gasteiger partial charge >= 0.3 is 0 Å². The molecule has 5 heteroatoms. The molecule has 0 radical (unpaired) electrons. The predicted molar refractivity (Wildman–Crippen MR) is 98.7 cm³/mol. The monoisotopic (exact) mass is 337 g/mol. The van der Waals surface area contributed by atoms with E-state index in [-0.39, 0.29) is 5.91 Å². The first-order valence-corrected chi connectivity index (χ1v) is 8.42. The summed E-state index contributed by atoms with van der Waals surface area (Å²) in [6, 6.07) is 14.1. The van der Waals surface area contributed by atoms with Crippen LogP contribution in [0.2, 0.25) is 0 Å². The lowest BCUT2D eigenvalue weighted by atomic mass is 10.1. The van der Waals surface area contributed by atoms with E-state index in [1.54, 1.807) is 7.11 Å². The van der Waals surface area contributed by atoms with E-state index in [1.807, 2.05) is 42.7 Å². The molecular formula is C20H23N3O2. The van der Waals surface area contributed by atoms with Gasteiger partial charge in [0.2, 0.25) is 5.91 Å². The van der Waals surface area contributed by atoms with Gasteiger partial charge in [0, 0.05) is 12.6 Å². The number of nitrogens with one attached hydrogen (secondary N) is 1. The fraction of sp³-hybridized carbons (Fsp3) is 0.300. The molecule has 130 valence electrons. The van der Waals surface area contributed by atoms with Crippen LogP contribution in [0.1, 0.15) is 31.0 Å². The molecule has 0 fully saturated rings. The number of carbonyl (C=O) groups excluding carboxylic acids is 1. The van der Waals surface area contributed by atoms with Crippen LogP contribution in [-0.4, -0.2) is 22.6 Å². The summed E-state index contributed by atoms with van der Waals surface area (Å²) in [5.41, 5.74) is 4.04. The molecule has 0 bridgehead atoms. The zero-order valence-corrected chi connectivity index (χ0v) is 14.8. The predicted octanol–water partition coefficient (Wildman–Crippen LogP) is 3.48. The van der Waals surface area contributed by atoms with E-state index < -0.39 is 0 Å². The molecule has 0 saturated heterocycles. The molecule has 25 heavy (non-hydrogen) atoms. The first-order valence-electron chi connectivity index (χ1n) is 8.42. The van der Waals surface area contributed by atoms with Crippen LogP contribution < -0.4 is 10.1 Å². The Morgan fingerprint density at radius 1 is 1.20 bits per heavy atom. The average Bonchev–Trinajstić information content (AvgIpc) is 3.03. The Labute approximate surface area is 147 Å². The zero-order valence-electron chi connectivity index (χ0n) is 14.8. The highest BCUT2D eigenvalue weighted by molar-refractivity contribution is 5.79. The summed E-state index contributed by atoms with van der Waals surface area (Å²) in [6.45, 7) is 4.76. The Morgan fingerprint density at radius 2 is 2.04 bits per heavy atom. The van der Waals surface area contributed by atoms with Crippen LogP contribution in [0.15, 0.2) is 48.8 Å². The summed E-state index contributed by atoms with van der Waals surface area (Å²) in [5.74, 6) is 0.748. The van der Waals surface area contributed by atoms with Gasteiger partial charge in [-0.3, -0.25) is 4.79 Å². The summed E-state index contributed by atoms with van der Waals surface area (Å²) < 4.78 is 7.32. The van der Waals surface area contributed by atoms with Crippen molar-refractivity contribution < 1.29 is 9.53 Å². The second-order valence-corrected chi connectivity index (χ2v) is 6.37. The molecule has 3 aromatic rings. The number of benzene rings is 2. The van der Waals surface area contributed by atoms with Crippen molar-refractivity contribution >= 4 is 16.9 Å². The molecule has 5 nitrogen and oxygen atoms in total. The van der Waals surface area contributed by atoms with Gasteiger partial charge < -0.3 is 14.6 Å². The Kier molecular flexibility index (Phi) is 5.03. The Balaban J connectivity index is 1.62. The summed E-state index contributed by atoms with van der Waals surface area (Å²) in [6.07, 6.45) is 2.20. The van der Waals surface area contributed by atoms with Gasteiger partial charge in [-0.2, -0.15) is 0 Å². The lowest BCUT2D eigenvalue weighted by molar-refractivity contribution is -0.120. The summed E-state index contributed by atoms with van der Waals surface area (Å²) >= 11 is 0. The minimum atomic E-state index is -0.0129. The number of carbonyl (C=O) groups is 1. The molecule has 0 atom stereocenters. The third kappa shape index (κ3) is 3.99. The van der Waals surface area contributed by atoms with Crippen LogP contribution in [-0.2, 0) is 17.8 Å². The molecule has 1 amide bonds. The molecule has 0 spiro atoms. The molecule has 0 saturated carbocycles. The number of amides is 1. The van der Waals surface area contributed by atoms with Crippen molar-refractivity contribution in [2.45, 2.75) is 32.9 Å². The fourth-order valence-corrected chi connectivity index (χ4v) is 2.83. The average molecular weight is 337 g/mol. The quantitative estimate of drug-likeness (QED) is 0.749. The van der Waals surface area contributed by atoms with Crippen LogP contribution in [0.5, 0.6) is 5.75 Å². The number of aromatic nitrogens is 2. The topological polar surface area (TPSA) is 56.1 Å². The van der Waals surface area contributed by atoms with Gasteiger partial charge in [0.15, 0.2) is 0 Å². The van der Waals surface area contributed by atoms with Crippen LogP contribution >= 0.6 is 0 Å². The van der Waals surface area contributed by atoms with Gasteiger partial charge in [0.05, 0.1) is 30.9 Å². The fourth-order valence-electron chi connectivity index (χ4n) is 2.83. The number of hydrogen-bond acceptors (Lipinski definition) is 3. The number of fused-ring (bicyclic) bond motifs is 1. The van der Waals surface area contributed by atoms with E-state index in [1.165, 1.54) is 0 Å². The number of imidazole rings is 1. The highest BCUT2D eigenvalue weighted by Crippen LogP contribution is 2.19. The van der Waals surface area contributed by atoms with Crippen molar-refractivity contribution in [1.29, 1.82) is 0 Å². The molecule has 1 heterocycles. The maximum absolute atomic E-state index is 12.2. The molecule has 1 N–H and O–H groups in total. The van der Waals surface area contributed by atoms with E-state index in [9.17, 15) is 4.79 Å². The molecule has 1 aromatic heterocycles. The Hall–Kier alpha value is -2.82. The molecular weight excluding hydrogens is 314 g/mol. The summed E-state index contributed by atoms with van der Waals surface area (Å²) in [7, 11) is 1.62. The minimum absolute atomic E-state index is 0.0129. The normalized spacial score (nSPS) is 11.0. The van der Waals surface area contributed by atoms with Gasteiger partial charge in [-0.25, -0.2) is 4.98 Å². The molecule has 3 rings (SSSR count). The van der Waals surface area contributed by atoms with Gasteiger partial charge in [0.1, 0.15) is 5.75 Å². The molecule has 2 aromatic carbocycles. The number of methoxy groups -OCH3 is 1. The second-order valence-electron chi connectivity index (χ2n) is 6.37. The largest absolute Gasteiger partial charge is 0.497 e. The smallest absolute Gasteiger partial charge is 0.224 e. The third-order valence-corrected chi connectivity index (χ3v) is 4.18. The van der Waals surface area contributed by atoms with Crippen LogP contribution in [0.3, 0.4) is 0 Å². The maximum Gasteiger partial charge on any atom is 0.224 e. The number of rotatable bonds is 6. The van der Waals surface area contributed by atoms with E-state index in [2.05, 4.69) is 34.8 Å². The minimum Gasteiger partial charge on any atom is -0.497 e. The van der Waals surface area contributed by atoms with Crippen molar-refractivity contribution in [3.05, 3.63) is 59.9 Å². The van der Waals surface area contributed by atoms with Crippen LogP contribution in [0.25, 0.3) is 11.0 Å². The SMILES string of the molecule is COc1cccc(CC(=O)NCc2ccc3c(c2)ncn3C(C)C)c1. The van der Waals surface area contributed by atoms with E-state index in [0.29, 0.717) is 19.0 Å². The third-order valence-electron chi connectivity index (χ3n) is 4.18. The first-order chi connectivity index (χ1) is 12.1.